The van der Waals surface area contributed by atoms with Gasteiger partial charge in [-0.1, -0.05) is 41.4 Å². The van der Waals surface area contributed by atoms with Crippen molar-refractivity contribution in [2.24, 2.45) is 0 Å². The number of phenolic OH excluding ortho intramolecular Hbond substituents is 1. The first-order chi connectivity index (χ1) is 12.1. The molecule has 0 saturated carbocycles. The summed E-state index contributed by atoms with van der Waals surface area (Å²) in [5, 5.41) is 12.4. The molecule has 1 fully saturated rings. The highest BCUT2D eigenvalue weighted by Gasteiger charge is 2.28. The molecule has 128 valence electrons. The van der Waals surface area contributed by atoms with E-state index in [2.05, 4.69) is 41.1 Å². The smallest absolute Gasteiger partial charge is 0.147 e. The second-order valence-corrected chi connectivity index (χ2v) is 7.16. The van der Waals surface area contributed by atoms with E-state index in [1.807, 2.05) is 18.2 Å². The molecule has 0 spiro atoms. The Morgan fingerprint density at radius 3 is 2.56 bits per heavy atom. The summed E-state index contributed by atoms with van der Waals surface area (Å²) in [5.74, 6) is 0.234. The van der Waals surface area contributed by atoms with Gasteiger partial charge in [0.05, 0.1) is 11.1 Å². The molecule has 4 heteroatoms. The normalized spacial score (nSPS) is 16.4. The number of aromatic hydroxyl groups is 1. The minimum absolute atomic E-state index is 0.00740. The van der Waals surface area contributed by atoms with Crippen LogP contribution in [0.2, 0.25) is 5.02 Å². The maximum Gasteiger partial charge on any atom is 0.147 e. The SMILES string of the molecule is Cc1ccc([C@H](c2cc(Cl)c3cccnc3c2O)N2CCCC2)cc1. The lowest BCUT2D eigenvalue weighted by Crippen LogP contribution is -2.26. The largest absolute Gasteiger partial charge is 0.505 e. The molecular formula is C21H21ClN2O. The zero-order valence-corrected chi connectivity index (χ0v) is 15.0. The van der Waals surface area contributed by atoms with Gasteiger partial charge in [-0.2, -0.15) is 0 Å². The molecule has 1 aromatic heterocycles. The number of hydrogen-bond acceptors (Lipinski definition) is 3. The number of pyridine rings is 1. The predicted octanol–water partition coefficient (Wildman–Crippen LogP) is 5.09. The van der Waals surface area contributed by atoms with Crippen molar-refractivity contribution in [3.05, 3.63) is 70.4 Å². The molecule has 0 aliphatic carbocycles. The first-order valence-electron chi connectivity index (χ1n) is 8.72. The van der Waals surface area contributed by atoms with Crippen molar-refractivity contribution in [2.45, 2.75) is 25.8 Å². The van der Waals surface area contributed by atoms with Crippen molar-refractivity contribution in [3.8, 4) is 5.75 Å². The van der Waals surface area contributed by atoms with Crippen LogP contribution in [0.1, 0.15) is 35.6 Å². The Morgan fingerprint density at radius 2 is 1.84 bits per heavy atom. The van der Waals surface area contributed by atoms with Crippen LogP contribution in [-0.4, -0.2) is 28.1 Å². The quantitative estimate of drug-likeness (QED) is 0.713. The summed E-state index contributed by atoms with van der Waals surface area (Å²) in [6, 6.07) is 14.2. The van der Waals surface area contributed by atoms with E-state index < -0.39 is 0 Å². The fourth-order valence-electron chi connectivity index (χ4n) is 3.75. The summed E-state index contributed by atoms with van der Waals surface area (Å²) in [4.78, 5) is 6.79. The number of phenols is 1. The van der Waals surface area contributed by atoms with Gasteiger partial charge in [-0.15, -0.1) is 0 Å². The van der Waals surface area contributed by atoms with Gasteiger partial charge in [-0.25, -0.2) is 0 Å². The lowest BCUT2D eigenvalue weighted by atomic mass is 9.94. The third-order valence-corrected chi connectivity index (χ3v) is 5.35. The standard InChI is InChI=1S/C21H21ClN2O/c1-14-6-8-15(9-7-14)20(24-11-2-3-12-24)17-13-18(22)16-5-4-10-23-19(16)21(17)25/h4-10,13,20,25H,2-3,11-12H2,1H3/t20-/m1/s1. The molecule has 2 aromatic carbocycles. The number of benzene rings is 2. The highest BCUT2D eigenvalue weighted by atomic mass is 35.5. The van der Waals surface area contributed by atoms with Gasteiger partial charge in [0.15, 0.2) is 0 Å². The lowest BCUT2D eigenvalue weighted by Gasteiger charge is -2.29. The highest BCUT2D eigenvalue weighted by molar-refractivity contribution is 6.35. The van der Waals surface area contributed by atoms with Gasteiger partial charge < -0.3 is 5.11 Å². The van der Waals surface area contributed by atoms with Crippen molar-refractivity contribution in [2.75, 3.05) is 13.1 Å². The minimum Gasteiger partial charge on any atom is -0.505 e. The number of aryl methyl sites for hydroxylation is 1. The van der Waals surface area contributed by atoms with Crippen LogP contribution in [0.25, 0.3) is 10.9 Å². The average Bonchev–Trinajstić information content (AvgIpc) is 3.15. The Morgan fingerprint density at radius 1 is 1.12 bits per heavy atom. The van der Waals surface area contributed by atoms with Crippen LogP contribution in [0.5, 0.6) is 5.75 Å². The molecule has 1 atom stereocenters. The van der Waals surface area contributed by atoms with E-state index in [4.69, 9.17) is 11.6 Å². The van der Waals surface area contributed by atoms with E-state index in [1.165, 1.54) is 24.0 Å². The van der Waals surface area contributed by atoms with Gasteiger partial charge in [0.1, 0.15) is 11.3 Å². The van der Waals surface area contributed by atoms with Crippen LogP contribution >= 0.6 is 11.6 Å². The molecule has 0 amide bonds. The van der Waals surface area contributed by atoms with Crippen LogP contribution < -0.4 is 0 Å². The van der Waals surface area contributed by atoms with E-state index >= 15 is 0 Å². The van der Waals surface area contributed by atoms with Gasteiger partial charge >= 0.3 is 0 Å². The molecule has 4 rings (SSSR count). The van der Waals surface area contributed by atoms with Crippen LogP contribution in [-0.2, 0) is 0 Å². The monoisotopic (exact) mass is 352 g/mol. The molecule has 3 aromatic rings. The maximum atomic E-state index is 11.0. The van der Waals surface area contributed by atoms with Crippen molar-refractivity contribution in [3.63, 3.8) is 0 Å². The minimum atomic E-state index is -0.00740. The second-order valence-electron chi connectivity index (χ2n) is 6.75. The van der Waals surface area contributed by atoms with E-state index in [1.54, 1.807) is 6.20 Å². The molecule has 1 aliphatic rings. The summed E-state index contributed by atoms with van der Waals surface area (Å²) in [6.07, 6.45) is 4.06. The number of hydrogen-bond donors (Lipinski definition) is 1. The summed E-state index contributed by atoms with van der Waals surface area (Å²) < 4.78 is 0. The number of nitrogens with zero attached hydrogens (tertiary/aromatic N) is 2. The first-order valence-corrected chi connectivity index (χ1v) is 9.09. The third-order valence-electron chi connectivity index (χ3n) is 5.04. The number of likely N-dealkylation sites (tertiary alicyclic amines) is 1. The van der Waals surface area contributed by atoms with Crippen molar-refractivity contribution < 1.29 is 5.11 Å². The number of fused-ring (bicyclic) bond motifs is 1. The van der Waals surface area contributed by atoms with Crippen LogP contribution in [0.4, 0.5) is 0 Å². The number of rotatable bonds is 3. The topological polar surface area (TPSA) is 36.4 Å². The molecule has 25 heavy (non-hydrogen) atoms. The van der Waals surface area contributed by atoms with Crippen molar-refractivity contribution in [1.82, 2.24) is 9.88 Å². The molecule has 0 bridgehead atoms. The molecule has 0 radical (unpaired) electrons. The molecule has 2 heterocycles. The Balaban J connectivity index is 1.91. The Labute approximate surface area is 152 Å². The second kappa shape index (κ2) is 6.66. The van der Waals surface area contributed by atoms with Crippen LogP contribution in [0.15, 0.2) is 48.7 Å². The Hall–Kier alpha value is -2.10. The van der Waals surface area contributed by atoms with Gasteiger partial charge in [0.25, 0.3) is 0 Å². The van der Waals surface area contributed by atoms with E-state index in [9.17, 15) is 5.11 Å². The van der Waals surface area contributed by atoms with E-state index in [-0.39, 0.29) is 11.8 Å². The summed E-state index contributed by atoms with van der Waals surface area (Å²) in [6.45, 7) is 4.13. The summed E-state index contributed by atoms with van der Waals surface area (Å²) in [5.41, 5.74) is 3.81. The molecule has 1 N–H and O–H groups in total. The first kappa shape index (κ1) is 16.4. The van der Waals surface area contributed by atoms with Crippen LogP contribution in [0.3, 0.4) is 0 Å². The number of aromatic nitrogens is 1. The Bertz CT molecular complexity index is 902. The maximum absolute atomic E-state index is 11.0. The molecule has 1 saturated heterocycles. The highest BCUT2D eigenvalue weighted by Crippen LogP contribution is 2.41. The van der Waals surface area contributed by atoms with Crippen LogP contribution in [0, 0.1) is 6.92 Å². The zero-order chi connectivity index (χ0) is 17.4. The molecule has 0 unspecified atom stereocenters. The van der Waals surface area contributed by atoms with E-state index in [0.29, 0.717) is 10.5 Å². The van der Waals surface area contributed by atoms with E-state index in [0.717, 1.165) is 24.0 Å². The van der Waals surface area contributed by atoms with Gasteiger partial charge in [-0.05, 0) is 56.6 Å². The molecule has 3 nitrogen and oxygen atoms in total. The average molecular weight is 353 g/mol. The molecular weight excluding hydrogens is 332 g/mol. The molecule has 1 aliphatic heterocycles. The van der Waals surface area contributed by atoms with Gasteiger partial charge in [-0.3, -0.25) is 9.88 Å². The third kappa shape index (κ3) is 2.99. The Kier molecular flexibility index (Phi) is 4.36. The summed E-state index contributed by atoms with van der Waals surface area (Å²) >= 11 is 6.53. The zero-order valence-electron chi connectivity index (χ0n) is 14.2. The lowest BCUT2D eigenvalue weighted by molar-refractivity contribution is 0.275. The fraction of sp³-hybridized carbons (Fsp3) is 0.286. The van der Waals surface area contributed by atoms with Gasteiger partial charge in [0, 0.05) is 17.1 Å². The van der Waals surface area contributed by atoms with Gasteiger partial charge in [0.2, 0.25) is 0 Å². The van der Waals surface area contributed by atoms with Crippen molar-refractivity contribution in [1.29, 1.82) is 0 Å². The number of halogens is 1. The summed E-state index contributed by atoms with van der Waals surface area (Å²) in [7, 11) is 0. The fourth-order valence-corrected chi connectivity index (χ4v) is 4.02. The predicted molar refractivity (Wildman–Crippen MR) is 102 cm³/mol. The van der Waals surface area contributed by atoms with Crippen molar-refractivity contribution >= 4 is 22.5 Å².